The number of piperidine rings is 1. The van der Waals surface area contributed by atoms with Gasteiger partial charge in [-0.25, -0.2) is 0 Å². The molecule has 0 atom stereocenters. The Morgan fingerprint density at radius 2 is 2.05 bits per heavy atom. The van der Waals surface area contributed by atoms with Crippen molar-refractivity contribution in [2.24, 2.45) is 5.41 Å². The number of nitrogen functional groups attached to an aromatic ring is 1. The van der Waals surface area contributed by atoms with E-state index in [0.717, 1.165) is 32.4 Å². The van der Waals surface area contributed by atoms with Crippen molar-refractivity contribution in [2.75, 3.05) is 18.8 Å². The van der Waals surface area contributed by atoms with E-state index in [9.17, 15) is 14.9 Å². The summed E-state index contributed by atoms with van der Waals surface area (Å²) in [4.78, 5) is 24.4. The Balaban J connectivity index is 2.11. The minimum atomic E-state index is -0.544. The van der Waals surface area contributed by atoms with Gasteiger partial charge in [0.05, 0.1) is 4.92 Å². The average molecular weight is 291 g/mol. The number of carbonyl (C=O) groups is 1. The van der Waals surface area contributed by atoms with Gasteiger partial charge in [-0.1, -0.05) is 20.3 Å². The van der Waals surface area contributed by atoms with Crippen molar-refractivity contribution in [3.63, 3.8) is 0 Å². The fourth-order valence-corrected chi connectivity index (χ4v) is 2.64. The van der Waals surface area contributed by atoms with Gasteiger partial charge in [0, 0.05) is 24.7 Å². The molecular formula is C15H21N3O3. The topological polar surface area (TPSA) is 89.5 Å². The summed E-state index contributed by atoms with van der Waals surface area (Å²) < 4.78 is 0. The average Bonchev–Trinajstić information content (AvgIpc) is 2.47. The predicted molar refractivity (Wildman–Crippen MR) is 81.0 cm³/mol. The van der Waals surface area contributed by atoms with Crippen LogP contribution in [0, 0.1) is 15.5 Å². The van der Waals surface area contributed by atoms with E-state index in [0.29, 0.717) is 11.0 Å². The summed E-state index contributed by atoms with van der Waals surface area (Å²) in [5.41, 5.74) is 6.23. The van der Waals surface area contributed by atoms with Crippen molar-refractivity contribution in [3.05, 3.63) is 33.9 Å². The van der Waals surface area contributed by atoms with Crippen LogP contribution in [0.1, 0.15) is 43.5 Å². The second-order valence-electron chi connectivity index (χ2n) is 5.99. The van der Waals surface area contributed by atoms with Gasteiger partial charge in [0.2, 0.25) is 0 Å². The third-order valence-electron chi connectivity index (χ3n) is 4.58. The first kappa shape index (κ1) is 15.3. The van der Waals surface area contributed by atoms with Gasteiger partial charge in [0.25, 0.3) is 11.6 Å². The lowest BCUT2D eigenvalue weighted by Crippen LogP contribution is -2.41. The maximum absolute atomic E-state index is 12.4. The standard InChI is InChI=1S/C15H21N3O3/c1-3-15(2)6-8-17(9-7-15)14(19)11-4-5-13(18(20)21)12(16)10-11/h4-5,10H,3,6-9,16H2,1-2H3. The van der Waals surface area contributed by atoms with E-state index in [1.54, 1.807) is 4.90 Å². The number of rotatable bonds is 3. The second kappa shape index (κ2) is 5.71. The van der Waals surface area contributed by atoms with Gasteiger partial charge in [-0.3, -0.25) is 14.9 Å². The van der Waals surface area contributed by atoms with Crippen LogP contribution in [0.25, 0.3) is 0 Å². The number of nitrogens with zero attached hydrogens (tertiary/aromatic N) is 2. The molecule has 1 amide bonds. The van der Waals surface area contributed by atoms with E-state index in [4.69, 9.17) is 5.73 Å². The third kappa shape index (κ3) is 3.15. The lowest BCUT2D eigenvalue weighted by Gasteiger charge is -2.39. The van der Waals surface area contributed by atoms with E-state index in [-0.39, 0.29) is 17.3 Å². The van der Waals surface area contributed by atoms with Gasteiger partial charge >= 0.3 is 0 Å². The summed E-state index contributed by atoms with van der Waals surface area (Å²) in [6, 6.07) is 4.17. The van der Waals surface area contributed by atoms with E-state index >= 15 is 0 Å². The highest BCUT2D eigenvalue weighted by molar-refractivity contribution is 5.95. The van der Waals surface area contributed by atoms with Crippen LogP contribution in [-0.4, -0.2) is 28.8 Å². The van der Waals surface area contributed by atoms with E-state index in [1.165, 1.54) is 18.2 Å². The predicted octanol–water partition coefficient (Wildman–Crippen LogP) is 2.83. The van der Waals surface area contributed by atoms with Gasteiger partial charge in [0.1, 0.15) is 5.69 Å². The molecule has 0 saturated carbocycles. The zero-order valence-electron chi connectivity index (χ0n) is 12.5. The molecule has 6 heteroatoms. The summed E-state index contributed by atoms with van der Waals surface area (Å²) >= 11 is 0. The molecule has 1 aliphatic rings. The monoisotopic (exact) mass is 291 g/mol. The molecule has 2 rings (SSSR count). The van der Waals surface area contributed by atoms with Gasteiger partial charge < -0.3 is 10.6 Å². The first-order chi connectivity index (χ1) is 9.86. The number of benzene rings is 1. The molecule has 2 N–H and O–H groups in total. The molecule has 1 aliphatic heterocycles. The highest BCUT2D eigenvalue weighted by Crippen LogP contribution is 2.34. The fraction of sp³-hybridized carbons (Fsp3) is 0.533. The summed E-state index contributed by atoms with van der Waals surface area (Å²) in [6.07, 6.45) is 3.08. The Kier molecular flexibility index (Phi) is 4.16. The molecule has 1 aromatic carbocycles. The normalized spacial score (nSPS) is 17.5. The number of carbonyl (C=O) groups excluding carboxylic acids is 1. The number of hydrogen-bond acceptors (Lipinski definition) is 4. The highest BCUT2D eigenvalue weighted by Gasteiger charge is 2.30. The quantitative estimate of drug-likeness (QED) is 0.527. The van der Waals surface area contributed by atoms with E-state index in [1.807, 2.05) is 0 Å². The van der Waals surface area contributed by atoms with Crippen LogP contribution in [0.4, 0.5) is 11.4 Å². The Morgan fingerprint density at radius 1 is 1.43 bits per heavy atom. The van der Waals surface area contributed by atoms with E-state index < -0.39 is 4.92 Å². The zero-order valence-corrected chi connectivity index (χ0v) is 12.5. The molecule has 0 bridgehead atoms. The number of anilines is 1. The summed E-state index contributed by atoms with van der Waals surface area (Å²) in [5.74, 6) is -0.102. The number of amides is 1. The Morgan fingerprint density at radius 3 is 2.52 bits per heavy atom. The van der Waals surface area contributed by atoms with Crippen LogP contribution < -0.4 is 5.73 Å². The van der Waals surface area contributed by atoms with Crippen molar-refractivity contribution < 1.29 is 9.72 Å². The smallest absolute Gasteiger partial charge is 0.292 e. The van der Waals surface area contributed by atoms with Crippen LogP contribution in [-0.2, 0) is 0 Å². The number of nitro groups is 1. The van der Waals surface area contributed by atoms with Crippen molar-refractivity contribution in [2.45, 2.75) is 33.1 Å². The Bertz CT molecular complexity index is 563. The van der Waals surface area contributed by atoms with Crippen molar-refractivity contribution in [3.8, 4) is 0 Å². The maximum Gasteiger partial charge on any atom is 0.292 e. The molecule has 1 fully saturated rings. The van der Waals surface area contributed by atoms with Gasteiger partial charge in [-0.15, -0.1) is 0 Å². The van der Waals surface area contributed by atoms with E-state index in [2.05, 4.69) is 13.8 Å². The molecule has 0 aromatic heterocycles. The minimum Gasteiger partial charge on any atom is -0.393 e. The SMILES string of the molecule is CCC1(C)CCN(C(=O)c2ccc([N+](=O)[O-])c(N)c2)CC1. The molecule has 6 nitrogen and oxygen atoms in total. The Labute approximate surface area is 124 Å². The largest absolute Gasteiger partial charge is 0.393 e. The number of hydrogen-bond donors (Lipinski definition) is 1. The molecule has 0 aliphatic carbocycles. The van der Waals surface area contributed by atoms with Crippen LogP contribution in [0.5, 0.6) is 0 Å². The number of nitrogens with two attached hydrogens (primary N) is 1. The maximum atomic E-state index is 12.4. The molecule has 0 unspecified atom stereocenters. The lowest BCUT2D eigenvalue weighted by molar-refractivity contribution is -0.383. The summed E-state index contributed by atoms with van der Waals surface area (Å²) in [5, 5.41) is 10.7. The summed E-state index contributed by atoms with van der Waals surface area (Å²) in [6.45, 7) is 5.87. The lowest BCUT2D eigenvalue weighted by atomic mass is 9.78. The Hall–Kier alpha value is -2.11. The van der Waals surface area contributed by atoms with Crippen LogP contribution in [0.2, 0.25) is 0 Å². The molecule has 0 spiro atoms. The van der Waals surface area contributed by atoms with Crippen LogP contribution >= 0.6 is 0 Å². The molecule has 21 heavy (non-hydrogen) atoms. The summed E-state index contributed by atoms with van der Waals surface area (Å²) in [7, 11) is 0. The second-order valence-corrected chi connectivity index (χ2v) is 5.99. The first-order valence-electron chi connectivity index (χ1n) is 7.19. The minimum absolute atomic E-state index is 0.0289. The van der Waals surface area contributed by atoms with Crippen molar-refractivity contribution in [1.82, 2.24) is 4.90 Å². The zero-order chi connectivity index (χ0) is 15.6. The van der Waals surface area contributed by atoms with Crippen molar-refractivity contribution >= 4 is 17.3 Å². The van der Waals surface area contributed by atoms with Gasteiger partial charge in [-0.05, 0) is 30.4 Å². The fourth-order valence-electron chi connectivity index (χ4n) is 2.64. The third-order valence-corrected chi connectivity index (χ3v) is 4.58. The van der Waals surface area contributed by atoms with Gasteiger partial charge in [0.15, 0.2) is 0 Å². The van der Waals surface area contributed by atoms with Crippen LogP contribution in [0.3, 0.4) is 0 Å². The van der Waals surface area contributed by atoms with Crippen LogP contribution in [0.15, 0.2) is 18.2 Å². The molecule has 0 radical (unpaired) electrons. The number of likely N-dealkylation sites (tertiary alicyclic amines) is 1. The van der Waals surface area contributed by atoms with Gasteiger partial charge in [-0.2, -0.15) is 0 Å². The molecule has 114 valence electrons. The molecular weight excluding hydrogens is 270 g/mol. The molecule has 1 saturated heterocycles. The molecule has 1 heterocycles. The molecule has 1 aromatic rings. The highest BCUT2D eigenvalue weighted by atomic mass is 16.6. The van der Waals surface area contributed by atoms with Crippen molar-refractivity contribution in [1.29, 1.82) is 0 Å². The number of nitro benzene ring substituents is 1. The first-order valence-corrected chi connectivity index (χ1v) is 7.19.